The minimum Gasteiger partial charge on any atom is -0.380 e. The van der Waals surface area contributed by atoms with E-state index in [0.29, 0.717) is 17.1 Å². The van der Waals surface area contributed by atoms with Gasteiger partial charge in [-0.25, -0.2) is 9.37 Å². The Bertz CT molecular complexity index is 912. The molecule has 0 atom stereocenters. The van der Waals surface area contributed by atoms with Crippen LogP contribution < -0.4 is 5.32 Å². The first kappa shape index (κ1) is 16.7. The summed E-state index contributed by atoms with van der Waals surface area (Å²) in [5.74, 6) is 0.104. The Hall–Kier alpha value is -3.17. The number of hydrogen-bond acceptors (Lipinski definition) is 4. The van der Waals surface area contributed by atoms with Gasteiger partial charge in [-0.3, -0.25) is 0 Å². The lowest BCUT2D eigenvalue weighted by Crippen LogP contribution is -2.10. The van der Waals surface area contributed by atoms with E-state index >= 15 is 0 Å². The average Bonchev–Trinajstić information content (AvgIpc) is 3.11. The van der Waals surface area contributed by atoms with E-state index in [1.807, 2.05) is 36.0 Å². The first-order valence-corrected chi connectivity index (χ1v) is 7.72. The maximum atomic E-state index is 13.1. The van der Waals surface area contributed by atoms with Crippen molar-refractivity contribution in [1.29, 1.82) is 5.26 Å². The largest absolute Gasteiger partial charge is 0.380 e. The van der Waals surface area contributed by atoms with E-state index in [9.17, 15) is 9.65 Å². The van der Waals surface area contributed by atoms with Gasteiger partial charge in [0.2, 0.25) is 0 Å². The van der Waals surface area contributed by atoms with Gasteiger partial charge in [0.15, 0.2) is 0 Å². The minimum absolute atomic E-state index is 0.276. The van der Waals surface area contributed by atoms with Crippen molar-refractivity contribution in [1.82, 2.24) is 9.55 Å². The Morgan fingerprint density at radius 2 is 1.92 bits per heavy atom. The van der Waals surface area contributed by atoms with E-state index in [0.717, 1.165) is 16.9 Å². The van der Waals surface area contributed by atoms with Crippen molar-refractivity contribution in [2.45, 2.75) is 13.5 Å². The molecule has 2 aromatic heterocycles. The molecule has 0 radical (unpaired) electrons. The lowest BCUT2D eigenvalue weighted by Gasteiger charge is -2.18. The summed E-state index contributed by atoms with van der Waals surface area (Å²) >= 11 is 0. The lowest BCUT2D eigenvalue weighted by molar-refractivity contribution is 0.184. The van der Waals surface area contributed by atoms with E-state index in [2.05, 4.69) is 16.4 Å². The number of aromatic nitrogens is 2. The minimum atomic E-state index is -0.321. The monoisotopic (exact) mass is 336 g/mol. The molecule has 0 aliphatic heterocycles. The van der Waals surface area contributed by atoms with Gasteiger partial charge in [0.25, 0.3) is 0 Å². The van der Waals surface area contributed by atoms with Crippen LogP contribution in [0.25, 0.3) is 5.69 Å². The lowest BCUT2D eigenvalue weighted by atomic mass is 10.1. The number of pyridine rings is 1. The summed E-state index contributed by atoms with van der Waals surface area (Å²) < 4.78 is 20.3. The van der Waals surface area contributed by atoms with Gasteiger partial charge in [0.05, 0.1) is 18.0 Å². The molecule has 0 bridgehead atoms. The molecule has 126 valence electrons. The number of nitrogens with zero attached hydrogens (tertiary/aromatic N) is 3. The van der Waals surface area contributed by atoms with Crippen LogP contribution in [0.1, 0.15) is 16.8 Å². The van der Waals surface area contributed by atoms with Crippen LogP contribution in [0, 0.1) is 24.1 Å². The molecule has 6 heteroatoms. The number of rotatable bonds is 5. The normalized spacial score (nSPS) is 10.5. The number of ether oxygens (including phenoxy) is 1. The summed E-state index contributed by atoms with van der Waals surface area (Å²) in [7, 11) is 1.59. The summed E-state index contributed by atoms with van der Waals surface area (Å²) in [4.78, 5) is 4.56. The summed E-state index contributed by atoms with van der Waals surface area (Å²) in [5.41, 5.74) is 3.39. The molecular formula is C19H17FN4O. The molecule has 5 nitrogen and oxygen atoms in total. The van der Waals surface area contributed by atoms with E-state index < -0.39 is 0 Å². The van der Waals surface area contributed by atoms with Crippen molar-refractivity contribution in [2.24, 2.45) is 0 Å². The summed E-state index contributed by atoms with van der Waals surface area (Å²) in [6.45, 7) is 2.16. The molecule has 0 saturated heterocycles. The molecule has 0 fully saturated rings. The molecule has 3 rings (SSSR count). The summed E-state index contributed by atoms with van der Waals surface area (Å²) in [5, 5.41) is 12.8. The third-order valence-electron chi connectivity index (χ3n) is 3.82. The Balaban J connectivity index is 2.14. The molecule has 0 aliphatic rings. The van der Waals surface area contributed by atoms with Crippen molar-refractivity contribution < 1.29 is 9.13 Å². The number of methoxy groups -OCH3 is 1. The van der Waals surface area contributed by atoms with E-state index in [1.54, 1.807) is 19.2 Å². The van der Waals surface area contributed by atoms with E-state index in [-0.39, 0.29) is 12.4 Å². The maximum absolute atomic E-state index is 13.1. The van der Waals surface area contributed by atoms with Crippen LogP contribution in [-0.2, 0) is 11.3 Å². The van der Waals surface area contributed by atoms with Crippen molar-refractivity contribution in [2.75, 3.05) is 12.4 Å². The molecule has 0 aliphatic carbocycles. The maximum Gasteiger partial charge on any atom is 0.149 e. The predicted molar refractivity (Wildman–Crippen MR) is 93.4 cm³/mol. The highest BCUT2D eigenvalue weighted by Gasteiger charge is 2.19. The van der Waals surface area contributed by atoms with Crippen molar-refractivity contribution in [3.8, 4) is 11.8 Å². The zero-order chi connectivity index (χ0) is 17.8. The van der Waals surface area contributed by atoms with Crippen LogP contribution in [0.4, 0.5) is 15.9 Å². The second-order valence-corrected chi connectivity index (χ2v) is 5.52. The molecule has 0 spiro atoms. The summed E-state index contributed by atoms with van der Waals surface area (Å²) in [6, 6.07) is 11.9. The molecule has 3 aromatic rings. The number of benzene rings is 1. The first-order valence-electron chi connectivity index (χ1n) is 7.72. The molecule has 1 aromatic carbocycles. The van der Waals surface area contributed by atoms with Crippen LogP contribution >= 0.6 is 0 Å². The quantitative estimate of drug-likeness (QED) is 0.762. The molecule has 0 amide bonds. The van der Waals surface area contributed by atoms with E-state index in [1.165, 1.54) is 12.1 Å². The van der Waals surface area contributed by atoms with Crippen molar-refractivity contribution >= 4 is 11.5 Å². The fraction of sp³-hybridized carbons (Fsp3) is 0.158. The molecule has 1 N–H and O–H groups in total. The van der Waals surface area contributed by atoms with Gasteiger partial charge in [0.1, 0.15) is 23.3 Å². The fourth-order valence-corrected chi connectivity index (χ4v) is 2.75. The summed E-state index contributed by atoms with van der Waals surface area (Å²) in [6.07, 6.45) is 3.80. The zero-order valence-electron chi connectivity index (χ0n) is 14.0. The number of hydrogen-bond donors (Lipinski definition) is 1. The van der Waals surface area contributed by atoms with Crippen molar-refractivity contribution in [3.05, 3.63) is 71.4 Å². The Labute approximate surface area is 145 Å². The highest BCUT2D eigenvalue weighted by Crippen LogP contribution is 2.29. The van der Waals surface area contributed by atoms with Gasteiger partial charge < -0.3 is 14.6 Å². The number of aryl methyl sites for hydroxylation is 1. The van der Waals surface area contributed by atoms with Crippen LogP contribution in [0.2, 0.25) is 0 Å². The Kier molecular flexibility index (Phi) is 4.78. The van der Waals surface area contributed by atoms with Gasteiger partial charge in [-0.15, -0.1) is 0 Å². The van der Waals surface area contributed by atoms with Gasteiger partial charge in [-0.1, -0.05) is 0 Å². The van der Waals surface area contributed by atoms with Gasteiger partial charge in [0, 0.05) is 30.8 Å². The second-order valence-electron chi connectivity index (χ2n) is 5.52. The number of halogens is 1. The number of nitrogens with one attached hydrogen (secondary N) is 1. The number of anilines is 2. The molecule has 25 heavy (non-hydrogen) atoms. The standard InChI is InChI=1S/C19H17FN4O/c1-13-18(24-9-3-4-10-24)17(12-25-2)16(11-21)19(22-13)23-15-7-5-14(20)6-8-15/h3-10H,12H2,1-2H3,(H,22,23). The fourth-order valence-electron chi connectivity index (χ4n) is 2.75. The highest BCUT2D eigenvalue weighted by atomic mass is 19.1. The Morgan fingerprint density at radius 3 is 2.52 bits per heavy atom. The predicted octanol–water partition coefficient (Wildman–Crippen LogP) is 4.08. The molecule has 2 heterocycles. The third-order valence-corrected chi connectivity index (χ3v) is 3.82. The van der Waals surface area contributed by atoms with Crippen LogP contribution in [0.15, 0.2) is 48.8 Å². The molecule has 0 saturated carbocycles. The van der Waals surface area contributed by atoms with Crippen LogP contribution in [-0.4, -0.2) is 16.7 Å². The zero-order valence-corrected chi connectivity index (χ0v) is 14.0. The van der Waals surface area contributed by atoms with Gasteiger partial charge >= 0.3 is 0 Å². The van der Waals surface area contributed by atoms with Gasteiger partial charge in [-0.2, -0.15) is 5.26 Å². The second kappa shape index (κ2) is 7.16. The highest BCUT2D eigenvalue weighted by molar-refractivity contribution is 5.69. The van der Waals surface area contributed by atoms with Crippen LogP contribution in [0.5, 0.6) is 0 Å². The topological polar surface area (TPSA) is 62.9 Å². The van der Waals surface area contributed by atoms with Crippen LogP contribution in [0.3, 0.4) is 0 Å². The number of nitriles is 1. The smallest absolute Gasteiger partial charge is 0.149 e. The average molecular weight is 336 g/mol. The van der Waals surface area contributed by atoms with E-state index in [4.69, 9.17) is 4.74 Å². The molecular weight excluding hydrogens is 319 g/mol. The van der Waals surface area contributed by atoms with Crippen molar-refractivity contribution in [3.63, 3.8) is 0 Å². The molecule has 0 unspecified atom stereocenters. The van der Waals surface area contributed by atoms with Gasteiger partial charge in [-0.05, 0) is 43.3 Å². The first-order chi connectivity index (χ1) is 12.1. The Morgan fingerprint density at radius 1 is 1.24 bits per heavy atom. The third kappa shape index (κ3) is 3.37. The SMILES string of the molecule is COCc1c(C#N)c(Nc2ccc(F)cc2)nc(C)c1-n1cccc1.